The zero-order valence-electron chi connectivity index (χ0n) is 29.6. The lowest BCUT2D eigenvalue weighted by atomic mass is 9.92. The summed E-state index contributed by atoms with van der Waals surface area (Å²) in [6.45, 7) is -3.90. The van der Waals surface area contributed by atoms with Crippen molar-refractivity contribution < 1.29 is 33.1 Å². The summed E-state index contributed by atoms with van der Waals surface area (Å²) in [6, 6.07) is 23.5. The van der Waals surface area contributed by atoms with Gasteiger partial charge in [-0.1, -0.05) is 78.9 Å². The summed E-state index contributed by atoms with van der Waals surface area (Å²) in [7, 11) is 1.65. The number of hydrogen-bond acceptors (Lipinski definition) is 1. The van der Waals surface area contributed by atoms with Crippen molar-refractivity contribution in [2.75, 3.05) is 0 Å². The predicted molar refractivity (Wildman–Crippen MR) is 155 cm³/mol. The number of fused-ring (bicyclic) bond motifs is 3. The number of furan rings is 1. The molecule has 4 aromatic carbocycles. The first kappa shape index (κ1) is 18.1. The fourth-order valence-electron chi connectivity index (χ4n) is 5.26. The Balaban J connectivity index is 1.66. The van der Waals surface area contributed by atoms with Crippen molar-refractivity contribution in [3.05, 3.63) is 113 Å². The average Bonchev–Trinajstić information content (AvgIpc) is 3.38. The molecular formula is C35H29F3NO+. The van der Waals surface area contributed by atoms with E-state index < -0.39 is 37.4 Å². The van der Waals surface area contributed by atoms with Gasteiger partial charge in [-0.3, -0.25) is 0 Å². The molecule has 0 spiro atoms. The molecule has 0 aliphatic rings. The molecule has 200 valence electrons. The topological polar surface area (TPSA) is 17.0 Å². The Hall–Kier alpha value is -4.38. The maximum Gasteiger partial charge on any atom is 0.393 e. The summed E-state index contributed by atoms with van der Waals surface area (Å²) >= 11 is 0. The van der Waals surface area contributed by atoms with Crippen LogP contribution >= 0.6 is 0 Å². The number of halogens is 3. The highest BCUT2D eigenvalue weighted by molar-refractivity contribution is 6.13. The van der Waals surface area contributed by atoms with Gasteiger partial charge in [-0.25, -0.2) is 4.57 Å². The number of aryl methyl sites for hydroxylation is 4. The van der Waals surface area contributed by atoms with Crippen molar-refractivity contribution in [2.45, 2.75) is 33.2 Å². The SMILES string of the molecule is [2H]C([2H])([2H])c1cc(C([2H])([2H])C(F)(F)F)ccc1-c1cc(-c2c(C)ccc3c2oc2c(-c4ccccc4)cccc23)[n+](C)cc1C([2H])([2H])[2H]. The molecule has 0 unspecified atom stereocenters. The summed E-state index contributed by atoms with van der Waals surface area (Å²) in [5, 5.41) is 1.65. The number of alkyl halides is 3. The molecule has 2 heterocycles. The van der Waals surface area contributed by atoms with Crippen LogP contribution in [0.2, 0.25) is 0 Å². The van der Waals surface area contributed by atoms with Crippen molar-refractivity contribution in [1.29, 1.82) is 0 Å². The van der Waals surface area contributed by atoms with Gasteiger partial charge in [0.1, 0.15) is 18.2 Å². The molecule has 0 saturated heterocycles. The number of pyridine rings is 1. The zero-order chi connectivity index (χ0) is 35.0. The fourth-order valence-corrected chi connectivity index (χ4v) is 5.26. The van der Waals surface area contributed by atoms with Crippen LogP contribution in [0.5, 0.6) is 0 Å². The number of hydrogen-bond donors (Lipinski definition) is 0. The fraction of sp³-hybridized carbons (Fsp3) is 0.171. The molecule has 5 heteroatoms. The number of benzene rings is 4. The van der Waals surface area contributed by atoms with Crippen LogP contribution in [0, 0.1) is 20.6 Å². The number of rotatable bonds is 4. The molecule has 6 rings (SSSR count). The Morgan fingerprint density at radius 1 is 0.775 bits per heavy atom. The van der Waals surface area contributed by atoms with Gasteiger partial charge < -0.3 is 4.42 Å². The van der Waals surface area contributed by atoms with E-state index in [4.69, 9.17) is 15.4 Å². The highest BCUT2D eigenvalue weighted by Gasteiger charge is 2.28. The molecule has 6 aromatic rings. The molecule has 40 heavy (non-hydrogen) atoms. The van der Waals surface area contributed by atoms with Crippen LogP contribution in [0.4, 0.5) is 13.2 Å². The van der Waals surface area contributed by atoms with Crippen LogP contribution in [-0.2, 0) is 13.4 Å². The average molecular weight is 545 g/mol. The Morgan fingerprint density at radius 2 is 1.55 bits per heavy atom. The summed E-state index contributed by atoms with van der Waals surface area (Å²) in [6.07, 6.45) is -7.80. The van der Waals surface area contributed by atoms with E-state index in [1.807, 2.05) is 67.6 Å². The lowest BCUT2D eigenvalue weighted by molar-refractivity contribution is -0.660. The molecule has 0 radical (unpaired) electrons. The Labute approximate surface area is 242 Å². The van der Waals surface area contributed by atoms with Gasteiger partial charge in [-0.05, 0) is 54.0 Å². The van der Waals surface area contributed by atoms with Gasteiger partial charge in [-0.2, -0.15) is 13.2 Å². The first-order valence-corrected chi connectivity index (χ1v) is 12.6. The van der Waals surface area contributed by atoms with Gasteiger partial charge >= 0.3 is 6.18 Å². The summed E-state index contributed by atoms with van der Waals surface area (Å²) in [5.74, 6) is 0. The quantitative estimate of drug-likeness (QED) is 0.202. The third kappa shape index (κ3) is 4.56. The molecule has 0 amide bonds. The lowest BCUT2D eigenvalue weighted by Crippen LogP contribution is -2.31. The van der Waals surface area contributed by atoms with Crippen molar-refractivity contribution in [3.8, 4) is 33.5 Å². The summed E-state index contributed by atoms with van der Waals surface area (Å²) in [4.78, 5) is 0. The molecule has 0 aliphatic carbocycles. The smallest absolute Gasteiger partial charge is 0.393 e. The third-order valence-corrected chi connectivity index (χ3v) is 7.09. The highest BCUT2D eigenvalue weighted by Crippen LogP contribution is 2.41. The zero-order valence-corrected chi connectivity index (χ0v) is 21.6. The minimum atomic E-state index is -5.32. The molecule has 0 bridgehead atoms. The first-order valence-electron chi connectivity index (χ1n) is 16.6. The maximum absolute atomic E-state index is 13.6. The monoisotopic (exact) mass is 544 g/mol. The van der Waals surface area contributed by atoms with Crippen LogP contribution in [-0.4, -0.2) is 6.18 Å². The second kappa shape index (κ2) is 9.67. The minimum Gasteiger partial charge on any atom is -0.454 e. The normalized spacial score (nSPS) is 15.9. The van der Waals surface area contributed by atoms with Gasteiger partial charge in [0.05, 0.1) is 11.9 Å². The maximum atomic E-state index is 13.6. The molecule has 0 fully saturated rings. The Kier molecular flexibility index (Phi) is 4.37. The van der Waals surface area contributed by atoms with Crippen molar-refractivity contribution in [3.63, 3.8) is 0 Å². The van der Waals surface area contributed by atoms with Gasteiger partial charge in [-0.15, -0.1) is 0 Å². The van der Waals surface area contributed by atoms with E-state index in [-0.39, 0.29) is 16.7 Å². The largest absolute Gasteiger partial charge is 0.454 e. The molecule has 2 aromatic heterocycles. The number of aromatic nitrogens is 1. The van der Waals surface area contributed by atoms with Crippen LogP contribution in [0.1, 0.15) is 33.2 Å². The number of nitrogens with zero attached hydrogens (tertiary/aromatic N) is 1. The molecule has 0 N–H and O–H groups in total. The molecule has 0 aliphatic heterocycles. The van der Waals surface area contributed by atoms with E-state index in [0.717, 1.165) is 39.6 Å². The summed E-state index contributed by atoms with van der Waals surface area (Å²) < 4.78 is 114. The molecule has 0 atom stereocenters. The highest BCUT2D eigenvalue weighted by atomic mass is 19.4. The van der Waals surface area contributed by atoms with E-state index in [2.05, 4.69) is 0 Å². The first-order chi connectivity index (χ1) is 22.3. The third-order valence-electron chi connectivity index (χ3n) is 7.09. The second-order valence-electron chi connectivity index (χ2n) is 9.76. The second-order valence-corrected chi connectivity index (χ2v) is 9.76. The molecule has 2 nitrogen and oxygen atoms in total. The van der Waals surface area contributed by atoms with E-state index in [1.165, 1.54) is 12.3 Å². The minimum absolute atomic E-state index is 0.0363. The van der Waals surface area contributed by atoms with Crippen molar-refractivity contribution >= 4 is 21.9 Å². The van der Waals surface area contributed by atoms with Gasteiger partial charge in [0, 0.05) is 38.9 Å². The van der Waals surface area contributed by atoms with Crippen LogP contribution in [0.25, 0.3) is 55.4 Å². The van der Waals surface area contributed by atoms with Crippen molar-refractivity contribution in [2.24, 2.45) is 7.05 Å². The predicted octanol–water partition coefficient (Wildman–Crippen LogP) is 9.44. The van der Waals surface area contributed by atoms with E-state index in [1.54, 1.807) is 11.6 Å². The van der Waals surface area contributed by atoms with E-state index in [9.17, 15) is 13.2 Å². The van der Waals surface area contributed by atoms with E-state index >= 15 is 0 Å². The van der Waals surface area contributed by atoms with E-state index in [0.29, 0.717) is 28.5 Å². The van der Waals surface area contributed by atoms with Gasteiger partial charge in [0.2, 0.25) is 5.69 Å². The van der Waals surface area contributed by atoms with Crippen molar-refractivity contribution in [1.82, 2.24) is 0 Å². The van der Waals surface area contributed by atoms with Gasteiger partial charge in [0.15, 0.2) is 6.20 Å². The standard InChI is InChI=1S/C35H29F3NO/c1-21-13-15-29-28-12-8-11-27(25-9-6-5-7-10-25)33(28)40-34(29)32(21)31-18-30(23(3)20-39(31)4)26-16-14-24(17-22(26)2)19-35(36,37)38/h5-18,20H,19H2,1-4H3/q+1/i2D3,3D3,19D2. The molecular weight excluding hydrogens is 507 g/mol. The van der Waals surface area contributed by atoms with Crippen LogP contribution < -0.4 is 4.57 Å². The Morgan fingerprint density at radius 3 is 2.30 bits per heavy atom. The Bertz CT molecular complexity index is 2200. The molecule has 0 saturated carbocycles. The van der Waals surface area contributed by atoms with Gasteiger partial charge in [0.25, 0.3) is 0 Å². The summed E-state index contributed by atoms with van der Waals surface area (Å²) in [5.41, 5.74) is 2.91. The van der Waals surface area contributed by atoms with Crippen LogP contribution in [0.15, 0.2) is 95.5 Å². The van der Waals surface area contributed by atoms with Crippen LogP contribution in [0.3, 0.4) is 0 Å². The number of para-hydroxylation sites is 1. The lowest BCUT2D eigenvalue weighted by Gasteiger charge is -2.14.